The van der Waals surface area contributed by atoms with Crippen LogP contribution in [0.5, 0.6) is 17.2 Å². The molecule has 5 heteroatoms. The summed E-state index contributed by atoms with van der Waals surface area (Å²) in [5.74, 6) is -0.419. The number of benzene rings is 1. The molecule has 0 fully saturated rings. The number of aryl methyl sites for hydroxylation is 1. The molecule has 0 radical (unpaired) electrons. The quantitative estimate of drug-likeness (QED) is 0.764. The van der Waals surface area contributed by atoms with Crippen molar-refractivity contribution in [2.75, 3.05) is 7.11 Å². The third-order valence-corrected chi connectivity index (χ3v) is 2.25. The number of rotatable bonds is 1. The Hall–Kier alpha value is -2.17. The third-order valence-electron chi connectivity index (χ3n) is 2.25. The maximum absolute atomic E-state index is 11.6. The van der Waals surface area contributed by atoms with E-state index in [0.29, 0.717) is 5.76 Å². The molecule has 0 unspecified atom stereocenters. The van der Waals surface area contributed by atoms with E-state index >= 15 is 0 Å². The molecule has 2 N–H and O–H groups in total. The van der Waals surface area contributed by atoms with E-state index in [1.54, 1.807) is 6.92 Å². The van der Waals surface area contributed by atoms with Crippen molar-refractivity contribution < 1.29 is 19.4 Å². The summed E-state index contributed by atoms with van der Waals surface area (Å²) in [5.41, 5.74) is -0.254. The normalized spacial score (nSPS) is 10.6. The molecule has 1 aromatic carbocycles. The molecule has 5 nitrogen and oxygen atoms in total. The lowest BCUT2D eigenvalue weighted by Gasteiger charge is -2.08. The largest absolute Gasteiger partial charge is 0.504 e. The van der Waals surface area contributed by atoms with Gasteiger partial charge in [-0.25, -0.2) is 0 Å². The standard InChI is InChI=1S/C11H10O5/c1-5-3-6(12)9-8(16-5)4-7(13)11(15-2)10(9)14/h3-4,13-14H,1-2H3. The fraction of sp³-hybridized carbons (Fsp3) is 0.182. The van der Waals surface area contributed by atoms with Crippen molar-refractivity contribution in [3.63, 3.8) is 0 Å². The van der Waals surface area contributed by atoms with Gasteiger partial charge in [0.1, 0.15) is 16.7 Å². The van der Waals surface area contributed by atoms with Crippen LogP contribution in [0.1, 0.15) is 5.76 Å². The number of hydrogen-bond donors (Lipinski definition) is 2. The van der Waals surface area contributed by atoms with Crippen molar-refractivity contribution in [2.45, 2.75) is 6.92 Å². The van der Waals surface area contributed by atoms with Crippen LogP contribution in [0.25, 0.3) is 11.0 Å². The molecule has 0 aliphatic rings. The Labute approximate surface area is 90.5 Å². The Bertz CT molecular complexity index is 612. The Morgan fingerprint density at radius 3 is 2.62 bits per heavy atom. The number of aromatic hydroxyl groups is 2. The maximum Gasteiger partial charge on any atom is 0.203 e. The van der Waals surface area contributed by atoms with Crippen LogP contribution in [0.15, 0.2) is 21.3 Å². The molecule has 0 spiro atoms. The molecule has 2 rings (SSSR count). The fourth-order valence-corrected chi connectivity index (χ4v) is 1.59. The lowest BCUT2D eigenvalue weighted by molar-refractivity contribution is 0.346. The average Bonchev–Trinajstić information content (AvgIpc) is 2.15. The van der Waals surface area contributed by atoms with Gasteiger partial charge in [0.15, 0.2) is 16.9 Å². The first-order valence-corrected chi connectivity index (χ1v) is 4.58. The first-order valence-electron chi connectivity index (χ1n) is 4.58. The van der Waals surface area contributed by atoms with Gasteiger partial charge >= 0.3 is 0 Å². The minimum atomic E-state index is -0.411. The summed E-state index contributed by atoms with van der Waals surface area (Å²) in [6.45, 7) is 1.61. The van der Waals surface area contributed by atoms with Crippen molar-refractivity contribution in [3.8, 4) is 17.2 Å². The van der Waals surface area contributed by atoms with E-state index in [2.05, 4.69) is 0 Å². The number of phenolic OH excluding ortho intramolecular Hbond substituents is 2. The second kappa shape index (κ2) is 3.44. The molecule has 0 amide bonds. The number of phenols is 2. The summed E-state index contributed by atoms with van der Waals surface area (Å²) in [7, 11) is 1.29. The van der Waals surface area contributed by atoms with Crippen LogP contribution in [-0.2, 0) is 0 Å². The van der Waals surface area contributed by atoms with Crippen LogP contribution in [-0.4, -0.2) is 17.3 Å². The summed E-state index contributed by atoms with van der Waals surface area (Å²) in [6, 6.07) is 2.50. The van der Waals surface area contributed by atoms with Gasteiger partial charge in [-0.15, -0.1) is 0 Å². The van der Waals surface area contributed by atoms with Crippen molar-refractivity contribution >= 4 is 11.0 Å². The van der Waals surface area contributed by atoms with Crippen LogP contribution in [0.4, 0.5) is 0 Å². The zero-order valence-electron chi connectivity index (χ0n) is 8.77. The summed E-state index contributed by atoms with van der Waals surface area (Å²) in [4.78, 5) is 11.6. The summed E-state index contributed by atoms with van der Waals surface area (Å²) >= 11 is 0. The molecule has 0 aliphatic heterocycles. The average molecular weight is 222 g/mol. The molecular formula is C11H10O5. The van der Waals surface area contributed by atoms with Gasteiger partial charge < -0.3 is 19.4 Å². The lowest BCUT2D eigenvalue weighted by Crippen LogP contribution is -2.01. The maximum atomic E-state index is 11.6. The van der Waals surface area contributed by atoms with E-state index in [-0.39, 0.29) is 27.9 Å². The molecule has 0 atom stereocenters. The van der Waals surface area contributed by atoms with Gasteiger partial charge in [-0.05, 0) is 6.92 Å². The van der Waals surface area contributed by atoms with Crippen LogP contribution in [0.2, 0.25) is 0 Å². The van der Waals surface area contributed by atoms with Crippen LogP contribution in [0, 0.1) is 6.92 Å². The number of hydrogen-bond acceptors (Lipinski definition) is 5. The minimum Gasteiger partial charge on any atom is -0.504 e. The first-order chi connectivity index (χ1) is 7.54. The van der Waals surface area contributed by atoms with Crippen molar-refractivity contribution in [1.82, 2.24) is 0 Å². The van der Waals surface area contributed by atoms with E-state index in [0.717, 1.165) is 0 Å². The van der Waals surface area contributed by atoms with E-state index in [1.807, 2.05) is 0 Å². The highest BCUT2D eigenvalue weighted by Crippen LogP contribution is 2.40. The van der Waals surface area contributed by atoms with Crippen LogP contribution >= 0.6 is 0 Å². The van der Waals surface area contributed by atoms with Crippen LogP contribution < -0.4 is 10.2 Å². The Balaban J connectivity index is 2.99. The highest BCUT2D eigenvalue weighted by Gasteiger charge is 2.17. The molecule has 1 heterocycles. The molecular weight excluding hydrogens is 212 g/mol. The monoisotopic (exact) mass is 222 g/mol. The van der Waals surface area contributed by atoms with Gasteiger partial charge in [0, 0.05) is 12.1 Å². The van der Waals surface area contributed by atoms with Crippen molar-refractivity contribution in [3.05, 3.63) is 28.1 Å². The summed E-state index contributed by atoms with van der Waals surface area (Å²) in [6.07, 6.45) is 0. The zero-order chi connectivity index (χ0) is 11.9. The van der Waals surface area contributed by atoms with Gasteiger partial charge in [0.05, 0.1) is 7.11 Å². The van der Waals surface area contributed by atoms with E-state index in [9.17, 15) is 15.0 Å². The molecule has 2 aromatic rings. The van der Waals surface area contributed by atoms with Gasteiger partial charge in [-0.3, -0.25) is 4.79 Å². The third kappa shape index (κ3) is 1.37. The first kappa shape index (κ1) is 10.4. The molecule has 0 aliphatic carbocycles. The summed E-state index contributed by atoms with van der Waals surface area (Å²) < 4.78 is 10.0. The van der Waals surface area contributed by atoms with Gasteiger partial charge in [-0.2, -0.15) is 0 Å². The second-order valence-corrected chi connectivity index (χ2v) is 3.37. The predicted molar refractivity (Wildman–Crippen MR) is 57.1 cm³/mol. The van der Waals surface area contributed by atoms with Crippen molar-refractivity contribution in [1.29, 1.82) is 0 Å². The molecule has 0 saturated carbocycles. The SMILES string of the molecule is COc1c(O)cc2oc(C)cc(=O)c2c1O. The smallest absolute Gasteiger partial charge is 0.203 e. The number of fused-ring (bicyclic) bond motifs is 1. The molecule has 0 saturated heterocycles. The van der Waals surface area contributed by atoms with Gasteiger partial charge in [0.2, 0.25) is 5.75 Å². The van der Waals surface area contributed by atoms with Gasteiger partial charge in [0.25, 0.3) is 0 Å². The molecule has 84 valence electrons. The van der Waals surface area contributed by atoms with Crippen molar-refractivity contribution in [2.24, 2.45) is 0 Å². The molecule has 0 bridgehead atoms. The highest BCUT2D eigenvalue weighted by molar-refractivity contribution is 5.88. The van der Waals surface area contributed by atoms with Gasteiger partial charge in [-0.1, -0.05) is 0 Å². The Kier molecular flexibility index (Phi) is 2.23. The number of ether oxygens (including phenoxy) is 1. The van der Waals surface area contributed by atoms with E-state index in [4.69, 9.17) is 9.15 Å². The van der Waals surface area contributed by atoms with Crippen LogP contribution in [0.3, 0.4) is 0 Å². The Morgan fingerprint density at radius 1 is 1.31 bits per heavy atom. The predicted octanol–water partition coefficient (Wildman–Crippen LogP) is 1.52. The minimum absolute atomic E-state index is 0.000231. The van der Waals surface area contributed by atoms with E-state index < -0.39 is 5.75 Å². The summed E-state index contributed by atoms with van der Waals surface area (Å²) in [5, 5.41) is 19.3. The number of methoxy groups -OCH3 is 1. The second-order valence-electron chi connectivity index (χ2n) is 3.37. The topological polar surface area (TPSA) is 79.9 Å². The zero-order valence-corrected chi connectivity index (χ0v) is 8.77. The Morgan fingerprint density at radius 2 is 2.00 bits per heavy atom. The molecule has 16 heavy (non-hydrogen) atoms. The lowest BCUT2D eigenvalue weighted by atomic mass is 10.1. The highest BCUT2D eigenvalue weighted by atomic mass is 16.5. The fourth-order valence-electron chi connectivity index (χ4n) is 1.59. The molecule has 1 aromatic heterocycles. The van der Waals surface area contributed by atoms with E-state index in [1.165, 1.54) is 19.2 Å².